The summed E-state index contributed by atoms with van der Waals surface area (Å²) in [5.41, 5.74) is 0.347. The van der Waals surface area contributed by atoms with Crippen LogP contribution in [0.5, 0.6) is 0 Å². The molecule has 1 aliphatic rings. The predicted molar refractivity (Wildman–Crippen MR) is 42.3 cm³/mol. The van der Waals surface area contributed by atoms with Crippen molar-refractivity contribution < 1.29 is 4.74 Å². The first-order chi connectivity index (χ1) is 5.87. The fourth-order valence-corrected chi connectivity index (χ4v) is 1.22. The highest BCUT2D eigenvalue weighted by molar-refractivity contribution is 5.29. The van der Waals surface area contributed by atoms with Gasteiger partial charge in [0, 0.05) is 6.20 Å². The second-order valence-electron chi connectivity index (χ2n) is 2.90. The van der Waals surface area contributed by atoms with Crippen molar-refractivity contribution in [1.82, 2.24) is 4.98 Å². The van der Waals surface area contributed by atoms with Crippen LogP contribution in [0.1, 0.15) is 5.69 Å². The Balaban J connectivity index is 2.36. The molecule has 0 amide bonds. The number of pyridine rings is 1. The molecule has 0 saturated carbocycles. The number of ether oxygens (including phenoxy) is 1. The van der Waals surface area contributed by atoms with Crippen LogP contribution in [0.15, 0.2) is 24.4 Å². The van der Waals surface area contributed by atoms with E-state index in [1.54, 1.807) is 6.20 Å². The molecular formula is C9H8N2O. The average Bonchev–Trinajstić information content (AvgIpc) is 2.05. The summed E-state index contributed by atoms with van der Waals surface area (Å²) in [5.74, 6) is 0. The van der Waals surface area contributed by atoms with Gasteiger partial charge in [-0.25, -0.2) is 0 Å². The van der Waals surface area contributed by atoms with E-state index < -0.39 is 5.41 Å². The van der Waals surface area contributed by atoms with Crippen molar-refractivity contribution in [3.63, 3.8) is 0 Å². The average molecular weight is 160 g/mol. The van der Waals surface area contributed by atoms with E-state index in [1.807, 2.05) is 18.2 Å². The van der Waals surface area contributed by atoms with Gasteiger partial charge in [-0.05, 0) is 12.1 Å². The first-order valence-corrected chi connectivity index (χ1v) is 3.78. The van der Waals surface area contributed by atoms with Crippen LogP contribution in [0.4, 0.5) is 0 Å². The van der Waals surface area contributed by atoms with E-state index in [-0.39, 0.29) is 0 Å². The monoisotopic (exact) mass is 160 g/mol. The van der Waals surface area contributed by atoms with Gasteiger partial charge in [-0.1, -0.05) is 6.07 Å². The van der Waals surface area contributed by atoms with Crippen LogP contribution in [-0.4, -0.2) is 18.2 Å². The van der Waals surface area contributed by atoms with Crippen LogP contribution in [0.3, 0.4) is 0 Å². The molecule has 1 aliphatic heterocycles. The highest BCUT2D eigenvalue weighted by Crippen LogP contribution is 2.29. The number of rotatable bonds is 1. The normalized spacial score (nSPS) is 19.2. The van der Waals surface area contributed by atoms with Gasteiger partial charge in [-0.15, -0.1) is 0 Å². The molecule has 2 rings (SSSR count). The van der Waals surface area contributed by atoms with Crippen LogP contribution in [0.2, 0.25) is 0 Å². The molecular weight excluding hydrogens is 152 g/mol. The van der Waals surface area contributed by atoms with Gasteiger partial charge in [0.25, 0.3) is 0 Å². The lowest BCUT2D eigenvalue weighted by atomic mass is 9.84. The largest absolute Gasteiger partial charge is 0.377 e. The molecule has 1 saturated heterocycles. The van der Waals surface area contributed by atoms with Gasteiger partial charge < -0.3 is 4.74 Å². The molecule has 0 bridgehead atoms. The van der Waals surface area contributed by atoms with Crippen molar-refractivity contribution >= 4 is 0 Å². The van der Waals surface area contributed by atoms with E-state index in [0.717, 1.165) is 5.69 Å². The van der Waals surface area contributed by atoms with Gasteiger partial charge in [0.15, 0.2) is 0 Å². The second kappa shape index (κ2) is 2.58. The second-order valence-corrected chi connectivity index (χ2v) is 2.90. The van der Waals surface area contributed by atoms with E-state index in [1.165, 1.54) is 0 Å². The van der Waals surface area contributed by atoms with Crippen molar-refractivity contribution in [3.8, 4) is 6.07 Å². The molecule has 0 unspecified atom stereocenters. The lowest BCUT2D eigenvalue weighted by Crippen LogP contribution is -2.46. The Labute approximate surface area is 70.6 Å². The third-order valence-corrected chi connectivity index (χ3v) is 2.07. The molecule has 0 N–H and O–H groups in total. The van der Waals surface area contributed by atoms with E-state index in [0.29, 0.717) is 13.2 Å². The first kappa shape index (κ1) is 7.26. The van der Waals surface area contributed by atoms with Crippen molar-refractivity contribution in [2.75, 3.05) is 13.2 Å². The molecule has 0 atom stereocenters. The van der Waals surface area contributed by atoms with Gasteiger partial charge in [0.2, 0.25) is 0 Å². The molecule has 1 fully saturated rings. The summed E-state index contributed by atoms with van der Waals surface area (Å²) in [7, 11) is 0. The smallest absolute Gasteiger partial charge is 0.145 e. The minimum Gasteiger partial charge on any atom is -0.377 e. The maximum absolute atomic E-state index is 8.92. The third kappa shape index (κ3) is 0.892. The SMILES string of the molecule is N#CC1(c2ccccn2)COC1. The Morgan fingerprint density at radius 3 is 2.75 bits per heavy atom. The zero-order valence-corrected chi connectivity index (χ0v) is 6.53. The van der Waals surface area contributed by atoms with Gasteiger partial charge in [0.1, 0.15) is 5.41 Å². The zero-order chi connectivity index (χ0) is 8.44. The standard InChI is InChI=1S/C9H8N2O/c10-5-9(6-12-7-9)8-3-1-2-4-11-8/h1-4H,6-7H2. The van der Waals surface area contributed by atoms with E-state index in [4.69, 9.17) is 10.00 Å². The minimum atomic E-state index is -0.471. The molecule has 0 spiro atoms. The van der Waals surface area contributed by atoms with Crippen molar-refractivity contribution in [2.24, 2.45) is 0 Å². The summed E-state index contributed by atoms with van der Waals surface area (Å²) in [6.07, 6.45) is 1.70. The van der Waals surface area contributed by atoms with Crippen LogP contribution < -0.4 is 0 Å². The topological polar surface area (TPSA) is 45.9 Å². The Morgan fingerprint density at radius 2 is 2.33 bits per heavy atom. The summed E-state index contributed by atoms with van der Waals surface area (Å²) in [4.78, 5) is 4.14. The molecule has 0 radical (unpaired) electrons. The van der Waals surface area contributed by atoms with Crippen molar-refractivity contribution in [2.45, 2.75) is 5.41 Å². The summed E-state index contributed by atoms with van der Waals surface area (Å²) >= 11 is 0. The van der Waals surface area contributed by atoms with Crippen LogP contribution in [0.25, 0.3) is 0 Å². The summed E-state index contributed by atoms with van der Waals surface area (Å²) < 4.78 is 5.02. The lowest BCUT2D eigenvalue weighted by molar-refractivity contribution is -0.0317. The fourth-order valence-electron chi connectivity index (χ4n) is 1.22. The Kier molecular flexibility index (Phi) is 1.56. The van der Waals surface area contributed by atoms with Gasteiger partial charge in [-0.2, -0.15) is 5.26 Å². The molecule has 2 heterocycles. The molecule has 12 heavy (non-hydrogen) atoms. The highest BCUT2D eigenvalue weighted by Gasteiger charge is 2.41. The number of nitriles is 1. The first-order valence-electron chi connectivity index (χ1n) is 3.78. The van der Waals surface area contributed by atoms with Crippen LogP contribution in [-0.2, 0) is 10.2 Å². The number of hydrogen-bond acceptors (Lipinski definition) is 3. The van der Waals surface area contributed by atoms with E-state index in [2.05, 4.69) is 11.1 Å². The molecule has 0 aromatic carbocycles. The third-order valence-electron chi connectivity index (χ3n) is 2.07. The number of nitrogens with zero attached hydrogens (tertiary/aromatic N) is 2. The molecule has 3 heteroatoms. The maximum atomic E-state index is 8.92. The van der Waals surface area contributed by atoms with Gasteiger partial charge in [0.05, 0.1) is 25.0 Å². The van der Waals surface area contributed by atoms with Gasteiger partial charge in [-0.3, -0.25) is 4.98 Å². The zero-order valence-electron chi connectivity index (χ0n) is 6.53. The molecule has 1 aromatic rings. The summed E-state index contributed by atoms with van der Waals surface area (Å²) in [6.45, 7) is 0.945. The number of aromatic nitrogens is 1. The Bertz CT molecular complexity index is 311. The fraction of sp³-hybridized carbons (Fsp3) is 0.333. The molecule has 60 valence electrons. The van der Waals surface area contributed by atoms with E-state index in [9.17, 15) is 0 Å². The van der Waals surface area contributed by atoms with Gasteiger partial charge >= 0.3 is 0 Å². The lowest BCUT2D eigenvalue weighted by Gasteiger charge is -2.34. The van der Waals surface area contributed by atoms with E-state index >= 15 is 0 Å². The summed E-state index contributed by atoms with van der Waals surface area (Å²) in [5, 5.41) is 8.92. The van der Waals surface area contributed by atoms with Crippen molar-refractivity contribution in [3.05, 3.63) is 30.1 Å². The van der Waals surface area contributed by atoms with Crippen molar-refractivity contribution in [1.29, 1.82) is 5.26 Å². The predicted octanol–water partition coefficient (Wildman–Crippen LogP) is 0.873. The number of hydrogen-bond donors (Lipinski definition) is 0. The molecule has 0 aliphatic carbocycles. The van der Waals surface area contributed by atoms with Crippen LogP contribution >= 0.6 is 0 Å². The minimum absolute atomic E-state index is 0.471. The molecule has 3 nitrogen and oxygen atoms in total. The Hall–Kier alpha value is -1.40. The highest BCUT2D eigenvalue weighted by atomic mass is 16.5. The quantitative estimate of drug-likeness (QED) is 0.612. The molecule has 1 aromatic heterocycles. The van der Waals surface area contributed by atoms with Crippen LogP contribution in [0, 0.1) is 11.3 Å². The maximum Gasteiger partial charge on any atom is 0.145 e. The summed E-state index contributed by atoms with van der Waals surface area (Å²) in [6, 6.07) is 7.84. The Morgan fingerprint density at radius 1 is 1.50 bits per heavy atom.